The Morgan fingerprint density at radius 3 is 1.66 bits per heavy atom. The van der Waals surface area contributed by atoms with E-state index in [4.69, 9.17) is 15.2 Å². The third-order valence-corrected chi connectivity index (χ3v) is 8.35. The first-order valence-electron chi connectivity index (χ1n) is 15.0. The van der Waals surface area contributed by atoms with Crippen molar-refractivity contribution in [3.05, 3.63) is 23.8 Å². The fourth-order valence-electron chi connectivity index (χ4n) is 5.69. The molecule has 6 heteroatoms. The van der Waals surface area contributed by atoms with E-state index in [2.05, 4.69) is 0 Å². The third kappa shape index (κ3) is 9.83. The van der Waals surface area contributed by atoms with Crippen molar-refractivity contribution in [2.75, 3.05) is 0 Å². The molecule has 1 aromatic carbocycles. The number of benzene rings is 1. The first-order chi connectivity index (χ1) is 18.1. The lowest BCUT2D eigenvalue weighted by Gasteiger charge is -2.26. The SMILES string of the molecule is CC(C)(C)C(N)C(=O)c1ccc(OC(=O)CCC2CCCCCC2)c(OC(=O)CCC2CCCCCC2)c1. The number of carbonyl (C=O) groups is 3. The number of ketones is 1. The smallest absolute Gasteiger partial charge is 0.311 e. The second kappa shape index (κ2) is 14.8. The summed E-state index contributed by atoms with van der Waals surface area (Å²) in [5.74, 6) is 0.462. The van der Waals surface area contributed by atoms with Crippen LogP contribution in [0.1, 0.15) is 134 Å². The lowest BCUT2D eigenvalue weighted by Crippen LogP contribution is -2.42. The van der Waals surface area contributed by atoms with Gasteiger partial charge in [-0.25, -0.2) is 0 Å². The minimum atomic E-state index is -0.714. The largest absolute Gasteiger partial charge is 0.423 e. The fourth-order valence-corrected chi connectivity index (χ4v) is 5.69. The molecule has 2 aliphatic carbocycles. The third-order valence-electron chi connectivity index (χ3n) is 8.35. The zero-order valence-corrected chi connectivity index (χ0v) is 23.9. The van der Waals surface area contributed by atoms with Crippen molar-refractivity contribution in [3.8, 4) is 11.5 Å². The van der Waals surface area contributed by atoms with E-state index in [0.717, 1.165) is 25.7 Å². The van der Waals surface area contributed by atoms with E-state index in [9.17, 15) is 14.4 Å². The highest BCUT2D eigenvalue weighted by Gasteiger charge is 2.29. The molecule has 2 fully saturated rings. The van der Waals surface area contributed by atoms with Crippen molar-refractivity contribution in [1.82, 2.24) is 0 Å². The molecule has 0 radical (unpaired) electrons. The molecule has 0 aromatic heterocycles. The highest BCUT2D eigenvalue weighted by molar-refractivity contribution is 6.01. The summed E-state index contributed by atoms with van der Waals surface area (Å²) in [5.41, 5.74) is 6.14. The molecule has 3 rings (SSSR count). The molecule has 212 valence electrons. The summed E-state index contributed by atoms with van der Waals surface area (Å²) in [6, 6.07) is 3.95. The zero-order chi connectivity index (χ0) is 27.5. The second-order valence-electron chi connectivity index (χ2n) is 12.6. The van der Waals surface area contributed by atoms with E-state index < -0.39 is 11.5 Å². The van der Waals surface area contributed by atoms with Crippen LogP contribution in [-0.4, -0.2) is 23.8 Å². The van der Waals surface area contributed by atoms with Crippen molar-refractivity contribution >= 4 is 17.7 Å². The maximum Gasteiger partial charge on any atom is 0.311 e. The Bertz CT molecular complexity index is 918. The first kappa shape index (κ1) is 30.3. The van der Waals surface area contributed by atoms with Crippen molar-refractivity contribution in [1.29, 1.82) is 0 Å². The van der Waals surface area contributed by atoms with Crippen molar-refractivity contribution in [3.63, 3.8) is 0 Å². The van der Waals surface area contributed by atoms with Gasteiger partial charge in [-0.2, -0.15) is 0 Å². The van der Waals surface area contributed by atoms with E-state index in [0.29, 0.717) is 30.2 Å². The average molecular weight is 528 g/mol. The van der Waals surface area contributed by atoms with Gasteiger partial charge in [0.05, 0.1) is 6.04 Å². The Kier molecular flexibility index (Phi) is 11.8. The number of carbonyl (C=O) groups excluding carboxylic acids is 3. The lowest BCUT2D eigenvalue weighted by molar-refractivity contribution is -0.137. The van der Waals surface area contributed by atoms with Crippen LogP contribution >= 0.6 is 0 Å². The van der Waals surface area contributed by atoms with Gasteiger partial charge in [-0.1, -0.05) is 97.8 Å². The topological polar surface area (TPSA) is 95.7 Å². The molecule has 0 heterocycles. The fraction of sp³-hybridized carbons (Fsp3) is 0.719. The summed E-state index contributed by atoms with van der Waals surface area (Å²) in [4.78, 5) is 38.7. The molecule has 0 aliphatic heterocycles. The lowest BCUT2D eigenvalue weighted by atomic mass is 9.83. The second-order valence-corrected chi connectivity index (χ2v) is 12.6. The predicted molar refractivity (Wildman–Crippen MR) is 150 cm³/mol. The zero-order valence-electron chi connectivity index (χ0n) is 23.9. The maximum atomic E-state index is 13.1. The highest BCUT2D eigenvalue weighted by atomic mass is 16.6. The number of nitrogens with two attached hydrogens (primary N) is 1. The molecule has 1 atom stereocenters. The summed E-state index contributed by atoms with van der Waals surface area (Å²) in [6.07, 6.45) is 16.9. The van der Waals surface area contributed by atoms with Gasteiger partial charge in [-0.05, 0) is 48.3 Å². The van der Waals surface area contributed by atoms with Crippen LogP contribution in [0.2, 0.25) is 0 Å². The Labute approximate surface area is 229 Å². The van der Waals surface area contributed by atoms with Gasteiger partial charge in [0, 0.05) is 18.4 Å². The molecule has 1 unspecified atom stereocenters. The summed E-state index contributed by atoms with van der Waals surface area (Å²) in [5, 5.41) is 0. The molecule has 0 amide bonds. The van der Waals surface area contributed by atoms with Crippen LogP contribution in [0.25, 0.3) is 0 Å². The van der Waals surface area contributed by atoms with Crippen LogP contribution in [0.3, 0.4) is 0 Å². The van der Waals surface area contributed by atoms with Crippen molar-refractivity contribution in [2.45, 2.75) is 130 Å². The predicted octanol–water partition coefficient (Wildman–Crippen LogP) is 7.55. The highest BCUT2D eigenvalue weighted by Crippen LogP contribution is 2.33. The number of hydrogen-bond acceptors (Lipinski definition) is 6. The molecule has 2 saturated carbocycles. The summed E-state index contributed by atoms with van der Waals surface area (Å²) in [6.45, 7) is 5.73. The Hall–Kier alpha value is -2.21. The van der Waals surface area contributed by atoms with Gasteiger partial charge in [0.2, 0.25) is 0 Å². The molecule has 0 saturated heterocycles. The molecule has 6 nitrogen and oxygen atoms in total. The van der Waals surface area contributed by atoms with Crippen LogP contribution in [0.15, 0.2) is 18.2 Å². The van der Waals surface area contributed by atoms with Crippen molar-refractivity contribution < 1.29 is 23.9 Å². The number of esters is 2. The summed E-state index contributed by atoms with van der Waals surface area (Å²) >= 11 is 0. The minimum Gasteiger partial charge on any atom is -0.423 e. The molecule has 38 heavy (non-hydrogen) atoms. The number of hydrogen-bond donors (Lipinski definition) is 1. The number of ether oxygens (including phenoxy) is 2. The molecular formula is C32H49NO5. The standard InChI is InChI=1S/C32H49NO5/c1-32(2,3)31(33)30(36)25-18-19-26(37-28(34)20-16-23-12-8-4-5-9-13-23)27(22-25)38-29(35)21-17-24-14-10-6-7-11-15-24/h18-19,22-24,31H,4-17,20-21,33H2,1-3H3. The van der Waals surface area contributed by atoms with Gasteiger partial charge >= 0.3 is 11.9 Å². The summed E-state index contributed by atoms with van der Waals surface area (Å²) in [7, 11) is 0. The molecule has 0 bridgehead atoms. The molecule has 0 spiro atoms. The Morgan fingerprint density at radius 2 is 1.21 bits per heavy atom. The molecule has 2 aliphatic rings. The quantitative estimate of drug-likeness (QED) is 0.146. The number of Topliss-reactive ketones (excluding diaryl/α,β-unsaturated/α-hetero) is 1. The van der Waals surface area contributed by atoms with Crippen molar-refractivity contribution in [2.24, 2.45) is 23.0 Å². The van der Waals surface area contributed by atoms with Crippen LogP contribution in [0, 0.1) is 17.3 Å². The molecule has 1 aromatic rings. The van der Waals surface area contributed by atoms with E-state index in [-0.39, 0.29) is 29.2 Å². The summed E-state index contributed by atoms with van der Waals surface area (Å²) < 4.78 is 11.4. The van der Waals surface area contributed by atoms with Crippen LogP contribution in [0.4, 0.5) is 0 Å². The molecular weight excluding hydrogens is 478 g/mol. The van der Waals surface area contributed by atoms with Crippen LogP contribution in [0.5, 0.6) is 11.5 Å². The minimum absolute atomic E-state index is 0.116. The molecule has 2 N–H and O–H groups in total. The van der Waals surface area contributed by atoms with Gasteiger partial charge in [0.1, 0.15) is 0 Å². The van der Waals surface area contributed by atoms with Gasteiger partial charge < -0.3 is 15.2 Å². The van der Waals surface area contributed by atoms with E-state index in [1.165, 1.54) is 70.3 Å². The van der Waals surface area contributed by atoms with Crippen LogP contribution < -0.4 is 15.2 Å². The van der Waals surface area contributed by atoms with Gasteiger partial charge in [-0.15, -0.1) is 0 Å². The first-order valence-corrected chi connectivity index (χ1v) is 15.0. The maximum absolute atomic E-state index is 13.1. The van der Waals surface area contributed by atoms with E-state index in [1.807, 2.05) is 20.8 Å². The van der Waals surface area contributed by atoms with E-state index in [1.54, 1.807) is 12.1 Å². The Balaban J connectivity index is 1.68. The average Bonchev–Trinajstić information content (AvgIpc) is 3.31. The number of rotatable bonds is 10. The normalized spacial score (nSPS) is 18.7. The monoisotopic (exact) mass is 527 g/mol. The van der Waals surface area contributed by atoms with E-state index >= 15 is 0 Å². The van der Waals surface area contributed by atoms with Gasteiger partial charge in [0.15, 0.2) is 17.3 Å². The Morgan fingerprint density at radius 1 is 0.763 bits per heavy atom. The van der Waals surface area contributed by atoms with Gasteiger partial charge in [0.25, 0.3) is 0 Å². The van der Waals surface area contributed by atoms with Crippen LogP contribution in [-0.2, 0) is 9.59 Å². The van der Waals surface area contributed by atoms with Gasteiger partial charge in [-0.3, -0.25) is 14.4 Å².